The largest absolute Gasteiger partial charge is 0.375 e. The average Bonchev–Trinajstić information content (AvgIpc) is 3.26. The first kappa shape index (κ1) is 21.9. The van der Waals surface area contributed by atoms with Gasteiger partial charge in [-0.2, -0.15) is 0 Å². The van der Waals surface area contributed by atoms with Crippen molar-refractivity contribution in [2.75, 3.05) is 26.4 Å². The van der Waals surface area contributed by atoms with Crippen molar-refractivity contribution >= 4 is 0 Å². The van der Waals surface area contributed by atoms with Crippen LogP contribution in [0.1, 0.15) is 74.7 Å². The molecule has 0 bridgehead atoms. The molecule has 0 aromatic rings. The molecule has 0 aromatic heterocycles. The van der Waals surface area contributed by atoms with Gasteiger partial charge in [-0.1, -0.05) is 20.3 Å². The summed E-state index contributed by atoms with van der Waals surface area (Å²) in [6, 6.07) is 0. The van der Waals surface area contributed by atoms with Crippen molar-refractivity contribution in [2.45, 2.75) is 97.6 Å². The molecule has 1 heterocycles. The summed E-state index contributed by atoms with van der Waals surface area (Å²) in [4.78, 5) is 0. The molecule has 0 radical (unpaired) electrons. The van der Waals surface area contributed by atoms with Gasteiger partial charge in [0.25, 0.3) is 0 Å². The topological polar surface area (TPSA) is 40.2 Å². The Labute approximate surface area is 149 Å². The highest BCUT2D eigenvalue weighted by atomic mass is 16.6. The highest BCUT2D eigenvalue weighted by molar-refractivity contribution is 4.80. The zero-order chi connectivity index (χ0) is 18.4. The molecule has 0 amide bonds. The molecule has 24 heavy (non-hydrogen) atoms. The van der Waals surface area contributed by atoms with E-state index in [1.54, 1.807) is 0 Å². The van der Waals surface area contributed by atoms with Gasteiger partial charge in [0.2, 0.25) is 0 Å². The number of ether oxygens (including phenoxy) is 4. The normalized spacial score (nSPS) is 20.2. The van der Waals surface area contributed by atoms with Gasteiger partial charge in [0, 0.05) is 5.92 Å². The zero-order valence-corrected chi connectivity index (χ0v) is 17.2. The van der Waals surface area contributed by atoms with E-state index in [0.717, 1.165) is 32.5 Å². The van der Waals surface area contributed by atoms with Gasteiger partial charge in [-0.15, -0.1) is 0 Å². The second-order valence-corrected chi connectivity index (χ2v) is 8.95. The van der Waals surface area contributed by atoms with E-state index in [0.29, 0.717) is 25.2 Å². The van der Waals surface area contributed by atoms with E-state index in [9.17, 15) is 0 Å². The highest BCUT2D eigenvalue weighted by Crippen LogP contribution is 2.26. The Balaban J connectivity index is 2.29. The van der Waals surface area contributed by atoms with Crippen LogP contribution in [0, 0.1) is 5.92 Å². The fourth-order valence-corrected chi connectivity index (χ4v) is 2.49. The minimum Gasteiger partial charge on any atom is -0.375 e. The van der Waals surface area contributed by atoms with Crippen molar-refractivity contribution in [1.82, 2.24) is 0 Å². The third-order valence-corrected chi connectivity index (χ3v) is 5.00. The van der Waals surface area contributed by atoms with E-state index in [1.165, 1.54) is 0 Å². The van der Waals surface area contributed by atoms with Gasteiger partial charge < -0.3 is 18.9 Å². The van der Waals surface area contributed by atoms with Crippen molar-refractivity contribution in [2.24, 2.45) is 5.92 Å². The maximum absolute atomic E-state index is 6.18. The van der Waals surface area contributed by atoms with Crippen LogP contribution >= 0.6 is 0 Å². The van der Waals surface area contributed by atoms with Gasteiger partial charge in [0.1, 0.15) is 6.10 Å². The molecule has 4 heteroatoms. The Morgan fingerprint density at radius 3 is 2.08 bits per heavy atom. The Morgan fingerprint density at radius 1 is 0.958 bits per heavy atom. The van der Waals surface area contributed by atoms with Crippen LogP contribution in [-0.2, 0) is 18.9 Å². The number of hydrogen-bond acceptors (Lipinski definition) is 4. The van der Waals surface area contributed by atoms with Crippen LogP contribution in [0.4, 0.5) is 0 Å². The van der Waals surface area contributed by atoms with Crippen molar-refractivity contribution in [3.8, 4) is 0 Å². The molecule has 1 rings (SSSR count). The maximum Gasteiger partial charge on any atom is 0.104 e. The fraction of sp³-hybridized carbons (Fsp3) is 1.00. The predicted molar refractivity (Wildman–Crippen MR) is 98.5 cm³/mol. The van der Waals surface area contributed by atoms with Gasteiger partial charge >= 0.3 is 0 Å². The van der Waals surface area contributed by atoms with Gasteiger partial charge in [0.05, 0.1) is 43.2 Å². The maximum atomic E-state index is 6.18. The summed E-state index contributed by atoms with van der Waals surface area (Å²) in [5, 5.41) is 0. The van der Waals surface area contributed by atoms with Gasteiger partial charge in [0.15, 0.2) is 0 Å². The van der Waals surface area contributed by atoms with Crippen molar-refractivity contribution in [3.63, 3.8) is 0 Å². The Kier molecular flexibility index (Phi) is 8.18. The molecule has 0 spiro atoms. The first-order valence-corrected chi connectivity index (χ1v) is 9.51. The predicted octanol–water partition coefficient (Wildman–Crippen LogP) is 4.60. The molecule has 2 atom stereocenters. The molecule has 0 aliphatic carbocycles. The monoisotopic (exact) mass is 344 g/mol. The molecular formula is C20H40O4. The van der Waals surface area contributed by atoms with Crippen LogP contribution < -0.4 is 0 Å². The molecular weight excluding hydrogens is 304 g/mol. The summed E-state index contributed by atoms with van der Waals surface area (Å²) >= 11 is 0. The summed E-state index contributed by atoms with van der Waals surface area (Å²) < 4.78 is 23.4. The Morgan fingerprint density at radius 2 is 1.54 bits per heavy atom. The van der Waals surface area contributed by atoms with E-state index in [-0.39, 0.29) is 16.8 Å². The summed E-state index contributed by atoms with van der Waals surface area (Å²) in [5.41, 5.74) is -0.438. The first-order valence-electron chi connectivity index (χ1n) is 9.51. The van der Waals surface area contributed by atoms with Crippen LogP contribution in [0.15, 0.2) is 0 Å². The van der Waals surface area contributed by atoms with E-state index in [4.69, 9.17) is 18.9 Å². The third-order valence-electron chi connectivity index (χ3n) is 5.00. The van der Waals surface area contributed by atoms with E-state index in [1.807, 2.05) is 0 Å². The molecule has 1 aliphatic rings. The van der Waals surface area contributed by atoms with Crippen molar-refractivity contribution in [3.05, 3.63) is 0 Å². The molecule has 144 valence electrons. The minimum absolute atomic E-state index is 0.0428. The first-order chi connectivity index (χ1) is 11.0. The molecule has 4 nitrogen and oxygen atoms in total. The van der Waals surface area contributed by atoms with Crippen LogP contribution in [0.2, 0.25) is 0 Å². The lowest BCUT2D eigenvalue weighted by molar-refractivity contribution is -0.119. The minimum atomic E-state index is -0.207. The second kappa shape index (κ2) is 8.98. The lowest BCUT2D eigenvalue weighted by Crippen LogP contribution is -2.39. The summed E-state index contributed by atoms with van der Waals surface area (Å²) in [6.45, 7) is 20.2. The summed E-state index contributed by atoms with van der Waals surface area (Å²) in [7, 11) is 0. The van der Waals surface area contributed by atoms with Crippen molar-refractivity contribution < 1.29 is 18.9 Å². The quantitative estimate of drug-likeness (QED) is 0.458. The Bertz CT molecular complexity index is 359. The van der Waals surface area contributed by atoms with Gasteiger partial charge in [-0.3, -0.25) is 0 Å². The molecule has 0 saturated carbocycles. The lowest BCUT2D eigenvalue weighted by atomic mass is 9.93. The number of epoxide rings is 1. The standard InChI is InChI=1S/C20H40O4/c1-9-10-18(3,4)22-12-11-19(5,6)23-13-16(2)20(7,8)24-15-17-14-21-17/h16-17H,9-15H2,1-8H3. The van der Waals surface area contributed by atoms with Gasteiger partial charge in [-0.25, -0.2) is 0 Å². The molecule has 1 saturated heterocycles. The molecule has 0 N–H and O–H groups in total. The highest BCUT2D eigenvalue weighted by Gasteiger charge is 2.32. The molecule has 2 unspecified atom stereocenters. The summed E-state index contributed by atoms with van der Waals surface area (Å²) in [6.07, 6.45) is 3.43. The second-order valence-electron chi connectivity index (χ2n) is 8.95. The van der Waals surface area contributed by atoms with E-state index < -0.39 is 0 Å². The van der Waals surface area contributed by atoms with Crippen molar-refractivity contribution in [1.29, 1.82) is 0 Å². The van der Waals surface area contributed by atoms with Gasteiger partial charge in [-0.05, 0) is 54.4 Å². The van der Waals surface area contributed by atoms with E-state index in [2.05, 4.69) is 55.4 Å². The molecule has 1 fully saturated rings. The van der Waals surface area contributed by atoms with Crippen LogP contribution in [-0.4, -0.2) is 49.3 Å². The van der Waals surface area contributed by atoms with E-state index >= 15 is 0 Å². The molecule has 0 aromatic carbocycles. The Hall–Kier alpha value is -0.160. The van der Waals surface area contributed by atoms with Crippen LogP contribution in [0.3, 0.4) is 0 Å². The third kappa shape index (κ3) is 8.80. The zero-order valence-electron chi connectivity index (χ0n) is 17.2. The van der Waals surface area contributed by atoms with Crippen LogP contribution in [0.5, 0.6) is 0 Å². The average molecular weight is 345 g/mol. The number of rotatable bonds is 13. The SMILES string of the molecule is CCCC(C)(C)OCCC(C)(C)OCC(C)C(C)(C)OCC1CO1. The molecule has 1 aliphatic heterocycles. The van der Waals surface area contributed by atoms with Crippen LogP contribution in [0.25, 0.3) is 0 Å². The summed E-state index contributed by atoms with van der Waals surface area (Å²) in [5.74, 6) is 0.313. The number of hydrogen-bond donors (Lipinski definition) is 0. The fourth-order valence-electron chi connectivity index (χ4n) is 2.49. The lowest BCUT2D eigenvalue weighted by Gasteiger charge is -2.35. The smallest absolute Gasteiger partial charge is 0.104 e.